The minimum absolute atomic E-state index is 0.0317. The summed E-state index contributed by atoms with van der Waals surface area (Å²) in [7, 11) is -3.96. The highest BCUT2D eigenvalue weighted by Crippen LogP contribution is 2.46. The van der Waals surface area contributed by atoms with Crippen LogP contribution in [-0.2, 0) is 21.4 Å². The number of sulfonamides is 1. The number of benzene rings is 1. The molecule has 1 spiro atoms. The van der Waals surface area contributed by atoms with Crippen molar-refractivity contribution >= 4 is 21.6 Å². The van der Waals surface area contributed by atoms with Gasteiger partial charge >= 0.3 is 5.97 Å². The first-order valence-corrected chi connectivity index (χ1v) is 14.9. The molecule has 1 atom stereocenters. The Balaban J connectivity index is 1.40. The third-order valence-electron chi connectivity index (χ3n) is 8.12. The van der Waals surface area contributed by atoms with Gasteiger partial charge in [-0.25, -0.2) is 22.2 Å². The molecule has 1 saturated carbocycles. The highest BCUT2D eigenvalue weighted by Gasteiger charge is 2.52. The normalized spacial score (nSPS) is 18.0. The van der Waals surface area contributed by atoms with Crippen LogP contribution in [0.1, 0.15) is 70.8 Å². The summed E-state index contributed by atoms with van der Waals surface area (Å²) in [5, 5.41) is 17.4. The van der Waals surface area contributed by atoms with E-state index in [4.69, 9.17) is 4.74 Å². The van der Waals surface area contributed by atoms with Gasteiger partial charge in [0.1, 0.15) is 10.5 Å². The molecule has 2 aliphatic rings. The lowest BCUT2D eigenvalue weighted by Gasteiger charge is -2.25. The molecule has 1 fully saturated rings. The van der Waals surface area contributed by atoms with Crippen molar-refractivity contribution < 1.29 is 31.8 Å². The van der Waals surface area contributed by atoms with Gasteiger partial charge in [-0.2, -0.15) is 4.31 Å². The van der Waals surface area contributed by atoms with Gasteiger partial charge in [-0.1, -0.05) is 18.2 Å². The van der Waals surface area contributed by atoms with E-state index in [1.165, 1.54) is 14.9 Å². The van der Waals surface area contributed by atoms with Crippen LogP contribution in [0.4, 0.5) is 8.78 Å². The zero-order valence-corrected chi connectivity index (χ0v) is 24.0. The molecule has 13 heteroatoms. The van der Waals surface area contributed by atoms with E-state index in [-0.39, 0.29) is 35.9 Å². The Hall–Kier alpha value is -3.97. The number of pyridine rings is 2. The standard InChI is InChI=1S/C29H29F2N5O5S/c1-16-10-23-28(32-13-16)41-29(7-8-29)15-35(42(23,39)40)14-20-11-19(5-4-17(20)2)22(12-24(37)38)21-6-9-36-26(18(21)3)33-34-27(36)25(30)31/h4-6,9-11,13,22,25H,7-8,12,14-15H2,1-3H3,(H,37,38)/t22-/m1/s1. The van der Waals surface area contributed by atoms with Gasteiger partial charge in [0.25, 0.3) is 6.43 Å². The molecule has 0 bridgehead atoms. The number of carbonyl (C=O) groups is 1. The first-order valence-electron chi connectivity index (χ1n) is 13.5. The summed E-state index contributed by atoms with van der Waals surface area (Å²) in [6.07, 6.45) is 1.35. The van der Waals surface area contributed by atoms with E-state index in [0.717, 1.165) is 5.56 Å². The number of hydrogen-bond donors (Lipinski definition) is 1. The number of rotatable bonds is 7. The predicted molar refractivity (Wildman–Crippen MR) is 147 cm³/mol. The van der Waals surface area contributed by atoms with Gasteiger partial charge in [0.05, 0.1) is 13.0 Å². The van der Waals surface area contributed by atoms with Crippen molar-refractivity contribution in [2.45, 2.75) is 69.4 Å². The molecule has 1 aliphatic heterocycles. The quantitative estimate of drug-likeness (QED) is 0.325. The molecule has 0 saturated heterocycles. The van der Waals surface area contributed by atoms with Gasteiger partial charge in [0.15, 0.2) is 5.65 Å². The lowest BCUT2D eigenvalue weighted by Crippen LogP contribution is -2.38. The number of aliphatic carboxylic acids is 1. The second kappa shape index (κ2) is 10.1. The first kappa shape index (κ1) is 28.2. The molecule has 6 rings (SSSR count). The average Bonchev–Trinajstić information content (AvgIpc) is 3.55. The van der Waals surface area contributed by atoms with Crippen LogP contribution in [-0.4, -0.2) is 55.5 Å². The third kappa shape index (κ3) is 4.90. The molecule has 1 aliphatic carbocycles. The smallest absolute Gasteiger partial charge is 0.304 e. The zero-order valence-electron chi connectivity index (χ0n) is 23.2. The summed E-state index contributed by atoms with van der Waals surface area (Å²) in [5.41, 5.74) is 3.64. The van der Waals surface area contributed by atoms with Crippen LogP contribution in [0.15, 0.2) is 47.6 Å². The summed E-state index contributed by atoms with van der Waals surface area (Å²) in [5.74, 6) is -2.07. The molecule has 0 amide bonds. The highest BCUT2D eigenvalue weighted by molar-refractivity contribution is 7.89. The Morgan fingerprint density at radius 2 is 1.90 bits per heavy atom. The van der Waals surface area contributed by atoms with Crippen molar-refractivity contribution in [3.63, 3.8) is 0 Å². The van der Waals surface area contributed by atoms with Gasteiger partial charge in [0.2, 0.25) is 21.7 Å². The number of halogens is 2. The molecular weight excluding hydrogens is 568 g/mol. The minimum atomic E-state index is -3.96. The Labute approximate surface area is 241 Å². The molecule has 10 nitrogen and oxygen atoms in total. The average molecular weight is 598 g/mol. The van der Waals surface area contributed by atoms with E-state index >= 15 is 0 Å². The van der Waals surface area contributed by atoms with Crippen molar-refractivity contribution in [3.05, 3.63) is 81.9 Å². The molecule has 220 valence electrons. The van der Waals surface area contributed by atoms with E-state index < -0.39 is 39.8 Å². The van der Waals surface area contributed by atoms with Crippen LogP contribution in [0.2, 0.25) is 0 Å². The highest BCUT2D eigenvalue weighted by atomic mass is 32.2. The summed E-state index contributed by atoms with van der Waals surface area (Å²) in [4.78, 5) is 16.3. The molecule has 1 N–H and O–H groups in total. The molecule has 0 unspecified atom stereocenters. The van der Waals surface area contributed by atoms with E-state index in [1.54, 1.807) is 32.2 Å². The lowest BCUT2D eigenvalue weighted by atomic mass is 9.85. The van der Waals surface area contributed by atoms with Crippen molar-refractivity contribution in [3.8, 4) is 5.88 Å². The number of alkyl halides is 2. The van der Waals surface area contributed by atoms with Gasteiger partial charge in [-0.05, 0) is 79.1 Å². The van der Waals surface area contributed by atoms with E-state index in [0.29, 0.717) is 40.7 Å². The summed E-state index contributed by atoms with van der Waals surface area (Å²) >= 11 is 0. The van der Waals surface area contributed by atoms with E-state index in [9.17, 15) is 27.1 Å². The maximum atomic E-state index is 13.9. The fraction of sp³-hybridized carbons (Fsp3) is 0.379. The molecule has 4 aromatic rings. The minimum Gasteiger partial charge on any atom is -0.481 e. The van der Waals surface area contributed by atoms with Gasteiger partial charge in [-0.15, -0.1) is 10.2 Å². The van der Waals surface area contributed by atoms with Crippen molar-refractivity contribution in [1.82, 2.24) is 23.9 Å². The number of nitrogens with zero attached hydrogens (tertiary/aromatic N) is 5. The van der Waals surface area contributed by atoms with Crippen LogP contribution in [0.5, 0.6) is 5.88 Å². The number of aromatic nitrogens is 4. The molecule has 42 heavy (non-hydrogen) atoms. The number of aryl methyl sites for hydroxylation is 3. The Morgan fingerprint density at radius 1 is 1.14 bits per heavy atom. The fourth-order valence-corrected chi connectivity index (χ4v) is 7.25. The third-order valence-corrected chi connectivity index (χ3v) is 9.91. The number of hydrogen-bond acceptors (Lipinski definition) is 7. The predicted octanol–water partition coefficient (Wildman–Crippen LogP) is 4.71. The van der Waals surface area contributed by atoms with Gasteiger partial charge < -0.3 is 9.84 Å². The first-order chi connectivity index (χ1) is 19.9. The van der Waals surface area contributed by atoms with E-state index in [1.807, 2.05) is 25.1 Å². The van der Waals surface area contributed by atoms with Crippen LogP contribution in [0, 0.1) is 20.8 Å². The number of carboxylic acids is 1. The molecule has 0 radical (unpaired) electrons. The Morgan fingerprint density at radius 3 is 2.60 bits per heavy atom. The largest absolute Gasteiger partial charge is 0.481 e. The van der Waals surface area contributed by atoms with Crippen LogP contribution >= 0.6 is 0 Å². The summed E-state index contributed by atoms with van der Waals surface area (Å²) in [6, 6.07) is 8.67. The SMILES string of the molecule is Cc1cnc2c(c1)S(=O)(=O)N(Cc1cc([C@@H](CC(=O)O)c3ccn4c(C(F)F)nnc4c3C)ccc1C)CC1(CC1)O2. The van der Waals surface area contributed by atoms with Crippen molar-refractivity contribution in [2.75, 3.05) is 6.54 Å². The second-order valence-electron chi connectivity index (χ2n) is 11.2. The monoisotopic (exact) mass is 597 g/mol. The summed E-state index contributed by atoms with van der Waals surface area (Å²) in [6.45, 7) is 5.57. The maximum Gasteiger partial charge on any atom is 0.304 e. The lowest BCUT2D eigenvalue weighted by molar-refractivity contribution is -0.137. The summed E-state index contributed by atoms with van der Waals surface area (Å²) < 4.78 is 63.3. The van der Waals surface area contributed by atoms with Crippen LogP contribution < -0.4 is 4.74 Å². The Bertz CT molecular complexity index is 1840. The van der Waals surface area contributed by atoms with E-state index in [2.05, 4.69) is 15.2 Å². The molecule has 1 aromatic carbocycles. The second-order valence-corrected chi connectivity index (χ2v) is 13.1. The van der Waals surface area contributed by atoms with Crippen LogP contribution in [0.25, 0.3) is 5.65 Å². The molecule has 4 heterocycles. The van der Waals surface area contributed by atoms with Crippen LogP contribution in [0.3, 0.4) is 0 Å². The topological polar surface area (TPSA) is 127 Å². The maximum absolute atomic E-state index is 13.9. The van der Waals surface area contributed by atoms with Gasteiger partial charge in [-0.3, -0.25) is 9.20 Å². The molecule has 3 aromatic heterocycles. The Kier molecular flexibility index (Phi) is 6.76. The number of carboxylic acid groups (broad SMARTS) is 1. The van der Waals surface area contributed by atoms with Crippen molar-refractivity contribution in [2.24, 2.45) is 0 Å². The molecular formula is C29H29F2N5O5S. The number of fused-ring (bicyclic) bond motifs is 2. The number of ether oxygens (including phenoxy) is 1. The zero-order chi connectivity index (χ0) is 30.0. The fourth-order valence-electron chi connectivity index (χ4n) is 5.61. The van der Waals surface area contributed by atoms with Crippen molar-refractivity contribution in [1.29, 1.82) is 0 Å². The van der Waals surface area contributed by atoms with Gasteiger partial charge in [0, 0.05) is 24.9 Å².